The summed E-state index contributed by atoms with van der Waals surface area (Å²) in [5.41, 5.74) is 1.68. The molecule has 23 heavy (non-hydrogen) atoms. The van der Waals surface area contributed by atoms with Crippen LogP contribution in [0.2, 0.25) is 0 Å². The van der Waals surface area contributed by atoms with Crippen molar-refractivity contribution < 1.29 is 4.79 Å². The van der Waals surface area contributed by atoms with Crippen LogP contribution in [0.5, 0.6) is 0 Å². The first kappa shape index (κ1) is 15.9. The highest BCUT2D eigenvalue weighted by Crippen LogP contribution is 2.42. The second kappa shape index (κ2) is 6.62. The average Bonchev–Trinajstić information content (AvgIpc) is 2.94. The topological polar surface area (TPSA) is 71.8 Å². The van der Waals surface area contributed by atoms with Gasteiger partial charge in [-0.05, 0) is 43.4 Å². The molecule has 0 atom stereocenters. The van der Waals surface area contributed by atoms with E-state index in [1.54, 1.807) is 11.0 Å². The summed E-state index contributed by atoms with van der Waals surface area (Å²) in [4.78, 5) is 16.2. The quantitative estimate of drug-likeness (QED) is 0.884. The number of urea groups is 1. The van der Waals surface area contributed by atoms with Crippen molar-refractivity contribution in [3.05, 3.63) is 30.6 Å². The minimum atomic E-state index is -0.158. The average molecular weight is 331 g/mol. The SMILES string of the molecule is CSC1(CNC(=O)Nc2ccc(-c3ncn(C)n3)cc2)CCC1. The Morgan fingerprint density at radius 3 is 2.61 bits per heavy atom. The molecule has 0 saturated heterocycles. The molecule has 1 heterocycles. The fourth-order valence-corrected chi connectivity index (χ4v) is 3.53. The summed E-state index contributed by atoms with van der Waals surface area (Å²) >= 11 is 1.85. The molecule has 1 saturated carbocycles. The van der Waals surface area contributed by atoms with Crippen molar-refractivity contribution in [2.45, 2.75) is 24.0 Å². The van der Waals surface area contributed by atoms with Gasteiger partial charge in [-0.25, -0.2) is 9.78 Å². The maximum absolute atomic E-state index is 12.0. The standard InChI is InChI=1S/C16H21N5OS/c1-21-11-18-14(20-21)12-4-6-13(7-5-12)19-15(22)17-10-16(23-2)8-3-9-16/h4-7,11H,3,8-10H2,1-2H3,(H2,17,19,22). The third-order valence-corrected chi connectivity index (χ3v) is 5.69. The molecule has 0 bridgehead atoms. The molecule has 0 spiro atoms. The molecule has 2 N–H and O–H groups in total. The van der Waals surface area contributed by atoms with Crippen LogP contribution in [-0.2, 0) is 7.05 Å². The molecule has 0 radical (unpaired) electrons. The molecule has 1 fully saturated rings. The van der Waals surface area contributed by atoms with Crippen LogP contribution >= 0.6 is 11.8 Å². The second-order valence-corrected chi connectivity index (χ2v) is 7.14. The predicted octanol–water partition coefficient (Wildman–Crippen LogP) is 2.89. The summed E-state index contributed by atoms with van der Waals surface area (Å²) < 4.78 is 1.91. The van der Waals surface area contributed by atoms with Gasteiger partial charge in [0.25, 0.3) is 0 Å². The fraction of sp³-hybridized carbons (Fsp3) is 0.438. The first-order valence-corrected chi connectivity index (χ1v) is 8.89. The number of benzene rings is 1. The number of hydrogen-bond acceptors (Lipinski definition) is 4. The number of anilines is 1. The Balaban J connectivity index is 1.54. The first-order valence-electron chi connectivity index (χ1n) is 7.66. The van der Waals surface area contributed by atoms with E-state index in [0.717, 1.165) is 17.8 Å². The fourth-order valence-electron chi connectivity index (χ4n) is 2.62. The van der Waals surface area contributed by atoms with E-state index in [2.05, 4.69) is 27.0 Å². The molecule has 122 valence electrons. The molecule has 1 aromatic carbocycles. The Morgan fingerprint density at radius 2 is 2.09 bits per heavy atom. The lowest BCUT2D eigenvalue weighted by molar-refractivity contribution is 0.247. The molecule has 0 aliphatic heterocycles. The molecule has 1 aliphatic rings. The molecule has 7 heteroatoms. The van der Waals surface area contributed by atoms with Crippen LogP contribution < -0.4 is 10.6 Å². The van der Waals surface area contributed by atoms with Crippen molar-refractivity contribution in [2.24, 2.45) is 7.05 Å². The van der Waals surface area contributed by atoms with Gasteiger partial charge in [-0.1, -0.05) is 6.42 Å². The van der Waals surface area contributed by atoms with Gasteiger partial charge in [0.05, 0.1) is 0 Å². The Labute approximate surface area is 140 Å². The predicted molar refractivity (Wildman–Crippen MR) is 93.6 cm³/mol. The highest BCUT2D eigenvalue weighted by molar-refractivity contribution is 8.00. The molecule has 1 aliphatic carbocycles. The number of aryl methyl sites for hydroxylation is 1. The van der Waals surface area contributed by atoms with Crippen molar-refractivity contribution >= 4 is 23.5 Å². The van der Waals surface area contributed by atoms with E-state index in [0.29, 0.717) is 5.82 Å². The molecule has 2 aromatic rings. The normalized spacial score (nSPS) is 15.7. The van der Waals surface area contributed by atoms with Crippen LogP contribution in [0.25, 0.3) is 11.4 Å². The number of thioether (sulfide) groups is 1. The lowest BCUT2D eigenvalue weighted by atomic mass is 9.84. The van der Waals surface area contributed by atoms with Gasteiger partial charge in [-0.15, -0.1) is 0 Å². The first-order chi connectivity index (χ1) is 11.1. The molecular weight excluding hydrogens is 310 g/mol. The van der Waals surface area contributed by atoms with Gasteiger partial charge < -0.3 is 10.6 Å². The van der Waals surface area contributed by atoms with Gasteiger partial charge in [-0.2, -0.15) is 16.9 Å². The van der Waals surface area contributed by atoms with Gasteiger partial charge in [0.2, 0.25) is 0 Å². The van der Waals surface area contributed by atoms with E-state index < -0.39 is 0 Å². The van der Waals surface area contributed by atoms with Crippen molar-refractivity contribution in [1.29, 1.82) is 0 Å². The minimum absolute atomic E-state index is 0.158. The molecule has 2 amide bonds. The Hall–Kier alpha value is -2.02. The highest BCUT2D eigenvalue weighted by atomic mass is 32.2. The van der Waals surface area contributed by atoms with Crippen LogP contribution in [0.1, 0.15) is 19.3 Å². The molecule has 6 nitrogen and oxygen atoms in total. The zero-order valence-corrected chi connectivity index (χ0v) is 14.2. The third-order valence-electron chi connectivity index (χ3n) is 4.27. The summed E-state index contributed by atoms with van der Waals surface area (Å²) in [6, 6.07) is 7.37. The second-order valence-electron chi connectivity index (χ2n) is 5.87. The monoisotopic (exact) mass is 331 g/mol. The van der Waals surface area contributed by atoms with E-state index in [1.165, 1.54) is 19.3 Å². The van der Waals surface area contributed by atoms with Gasteiger partial charge >= 0.3 is 6.03 Å². The van der Waals surface area contributed by atoms with E-state index in [4.69, 9.17) is 0 Å². The summed E-state index contributed by atoms with van der Waals surface area (Å²) in [5.74, 6) is 0.676. The summed E-state index contributed by atoms with van der Waals surface area (Å²) in [6.45, 7) is 0.718. The number of rotatable bonds is 5. The summed E-state index contributed by atoms with van der Waals surface area (Å²) in [7, 11) is 1.83. The van der Waals surface area contributed by atoms with Crippen LogP contribution in [0.3, 0.4) is 0 Å². The number of aromatic nitrogens is 3. The summed E-state index contributed by atoms with van der Waals surface area (Å²) in [6.07, 6.45) is 7.40. The molecular formula is C16H21N5OS. The number of carbonyl (C=O) groups is 1. The number of carbonyl (C=O) groups excluding carboxylic acids is 1. The Morgan fingerprint density at radius 1 is 1.35 bits per heavy atom. The smallest absolute Gasteiger partial charge is 0.319 e. The van der Waals surface area contributed by atoms with E-state index in [1.807, 2.05) is 43.1 Å². The van der Waals surface area contributed by atoms with Gasteiger partial charge in [0, 0.05) is 29.6 Å². The lowest BCUT2D eigenvalue weighted by Gasteiger charge is -2.40. The van der Waals surface area contributed by atoms with Gasteiger partial charge in [0.15, 0.2) is 5.82 Å². The maximum atomic E-state index is 12.0. The zero-order chi connectivity index (χ0) is 16.3. The summed E-state index contributed by atoms with van der Waals surface area (Å²) in [5, 5.41) is 10.1. The maximum Gasteiger partial charge on any atom is 0.319 e. The third kappa shape index (κ3) is 3.67. The number of nitrogens with one attached hydrogen (secondary N) is 2. The number of amides is 2. The minimum Gasteiger partial charge on any atom is -0.336 e. The highest BCUT2D eigenvalue weighted by Gasteiger charge is 2.36. The lowest BCUT2D eigenvalue weighted by Crippen LogP contribution is -2.46. The van der Waals surface area contributed by atoms with Crippen molar-refractivity contribution in [1.82, 2.24) is 20.1 Å². The van der Waals surface area contributed by atoms with Crippen LogP contribution in [-0.4, -0.2) is 38.3 Å². The molecule has 0 unspecified atom stereocenters. The van der Waals surface area contributed by atoms with Crippen molar-refractivity contribution in [3.8, 4) is 11.4 Å². The van der Waals surface area contributed by atoms with Crippen molar-refractivity contribution in [2.75, 3.05) is 18.1 Å². The molecule has 1 aromatic heterocycles. The van der Waals surface area contributed by atoms with E-state index in [-0.39, 0.29) is 10.8 Å². The van der Waals surface area contributed by atoms with E-state index in [9.17, 15) is 4.79 Å². The van der Waals surface area contributed by atoms with Gasteiger partial charge in [-0.3, -0.25) is 4.68 Å². The Bertz CT molecular complexity index is 673. The number of hydrogen-bond donors (Lipinski definition) is 2. The number of nitrogens with zero attached hydrogens (tertiary/aromatic N) is 3. The van der Waals surface area contributed by atoms with E-state index >= 15 is 0 Å². The largest absolute Gasteiger partial charge is 0.336 e. The molecule has 3 rings (SSSR count). The zero-order valence-electron chi connectivity index (χ0n) is 13.4. The van der Waals surface area contributed by atoms with Crippen LogP contribution in [0, 0.1) is 0 Å². The Kier molecular flexibility index (Phi) is 4.56. The van der Waals surface area contributed by atoms with Crippen LogP contribution in [0.4, 0.5) is 10.5 Å². The van der Waals surface area contributed by atoms with Crippen LogP contribution in [0.15, 0.2) is 30.6 Å². The van der Waals surface area contributed by atoms with Crippen molar-refractivity contribution in [3.63, 3.8) is 0 Å². The van der Waals surface area contributed by atoms with Gasteiger partial charge in [0.1, 0.15) is 6.33 Å².